The molecule has 0 aliphatic heterocycles. The molecule has 0 atom stereocenters. The van der Waals surface area contributed by atoms with E-state index in [1.165, 1.54) is 11.3 Å². The fourth-order valence-corrected chi connectivity index (χ4v) is 3.33. The van der Waals surface area contributed by atoms with Gasteiger partial charge in [0.05, 0.1) is 4.88 Å². The Kier molecular flexibility index (Phi) is 6.03. The van der Waals surface area contributed by atoms with Gasteiger partial charge in [-0.05, 0) is 56.5 Å². The number of thiophene rings is 1. The van der Waals surface area contributed by atoms with E-state index in [4.69, 9.17) is 0 Å². The highest BCUT2D eigenvalue weighted by Gasteiger charge is 2.09. The summed E-state index contributed by atoms with van der Waals surface area (Å²) in [6.07, 6.45) is 0. The normalized spacial score (nSPS) is 10.5. The summed E-state index contributed by atoms with van der Waals surface area (Å²) >= 11 is 1.42. The largest absolute Gasteiger partial charge is 0.357 e. The Morgan fingerprint density at radius 1 is 1.07 bits per heavy atom. The summed E-state index contributed by atoms with van der Waals surface area (Å²) in [5.74, 6) is 2.29. The van der Waals surface area contributed by atoms with E-state index < -0.39 is 0 Å². The molecule has 0 saturated carbocycles. The highest BCUT2D eigenvalue weighted by Crippen LogP contribution is 2.22. The van der Waals surface area contributed by atoms with Gasteiger partial charge in [-0.3, -0.25) is 4.79 Å². The summed E-state index contributed by atoms with van der Waals surface area (Å²) in [7, 11) is 0. The number of nitrogens with one attached hydrogen (secondary N) is 2. The van der Waals surface area contributed by atoms with Crippen molar-refractivity contribution in [3.05, 3.63) is 58.5 Å². The monoisotopic (exact) mass is 381 g/mol. The van der Waals surface area contributed by atoms with Crippen molar-refractivity contribution in [2.75, 3.05) is 28.6 Å². The maximum atomic E-state index is 12.1. The molecule has 0 radical (unpaired) electrons. The number of nitrogens with zero attached hydrogens (tertiary/aromatic N) is 3. The maximum Gasteiger partial charge on any atom is 0.265 e. The van der Waals surface area contributed by atoms with Crippen molar-refractivity contribution < 1.29 is 4.79 Å². The van der Waals surface area contributed by atoms with E-state index in [0.717, 1.165) is 41.9 Å². The van der Waals surface area contributed by atoms with Crippen LogP contribution in [0.3, 0.4) is 0 Å². The zero-order valence-electron chi connectivity index (χ0n) is 15.7. The maximum absolute atomic E-state index is 12.1. The van der Waals surface area contributed by atoms with Crippen LogP contribution in [0, 0.1) is 6.92 Å². The highest BCUT2D eigenvalue weighted by atomic mass is 32.1. The van der Waals surface area contributed by atoms with Gasteiger partial charge in [0.2, 0.25) is 0 Å². The van der Waals surface area contributed by atoms with Crippen molar-refractivity contribution in [2.45, 2.75) is 20.8 Å². The van der Waals surface area contributed by atoms with Crippen LogP contribution in [0.25, 0.3) is 0 Å². The Morgan fingerprint density at radius 3 is 2.41 bits per heavy atom. The third-order valence-corrected chi connectivity index (χ3v) is 4.94. The van der Waals surface area contributed by atoms with Gasteiger partial charge in [0.25, 0.3) is 5.91 Å². The lowest BCUT2D eigenvalue weighted by Crippen LogP contribution is -2.23. The zero-order chi connectivity index (χ0) is 19.2. The Hall–Kier alpha value is -2.93. The number of carbonyl (C=O) groups excluding carboxylic acids is 1. The van der Waals surface area contributed by atoms with Crippen LogP contribution in [0.15, 0.2) is 47.8 Å². The number of hydrogen-bond acceptors (Lipinski definition) is 6. The molecule has 140 valence electrons. The van der Waals surface area contributed by atoms with Crippen molar-refractivity contribution in [1.29, 1.82) is 0 Å². The highest BCUT2D eigenvalue weighted by molar-refractivity contribution is 7.12. The number of aryl methyl sites for hydroxylation is 1. The Bertz CT molecular complexity index is 889. The van der Waals surface area contributed by atoms with Crippen LogP contribution < -0.4 is 15.5 Å². The van der Waals surface area contributed by atoms with Crippen LogP contribution in [0.2, 0.25) is 0 Å². The van der Waals surface area contributed by atoms with Crippen molar-refractivity contribution in [3.8, 4) is 0 Å². The van der Waals surface area contributed by atoms with E-state index in [-0.39, 0.29) is 5.91 Å². The first-order valence-corrected chi connectivity index (χ1v) is 9.79. The lowest BCUT2D eigenvalue weighted by Gasteiger charge is -2.20. The molecule has 2 heterocycles. The molecule has 0 spiro atoms. The van der Waals surface area contributed by atoms with E-state index in [0.29, 0.717) is 4.88 Å². The van der Waals surface area contributed by atoms with E-state index in [2.05, 4.69) is 39.3 Å². The van der Waals surface area contributed by atoms with E-state index in [9.17, 15) is 4.79 Å². The lowest BCUT2D eigenvalue weighted by atomic mass is 10.2. The molecule has 1 amide bonds. The molecular formula is C20H23N5OS. The minimum atomic E-state index is -0.0963. The van der Waals surface area contributed by atoms with Crippen molar-refractivity contribution in [1.82, 2.24) is 9.97 Å². The molecule has 0 unspecified atom stereocenters. The van der Waals surface area contributed by atoms with Crippen molar-refractivity contribution >= 4 is 40.3 Å². The molecule has 6 nitrogen and oxygen atoms in total. The minimum Gasteiger partial charge on any atom is -0.357 e. The SMILES string of the molecule is CCN(CC)c1cc(Nc2ccc(NC(=O)c3cccs3)cc2)nc(C)n1. The predicted octanol–water partition coefficient (Wildman–Crippen LogP) is 4.69. The molecule has 0 bridgehead atoms. The van der Waals surface area contributed by atoms with Gasteiger partial charge in [-0.25, -0.2) is 9.97 Å². The topological polar surface area (TPSA) is 70.2 Å². The number of aromatic nitrogens is 2. The number of amides is 1. The standard InChI is InChI=1S/C20H23N5OS/c1-4-25(5-2)19-13-18(21-14(3)22-19)23-15-8-10-16(11-9-15)24-20(26)17-7-6-12-27-17/h6-13H,4-5H2,1-3H3,(H,24,26)(H,21,22,23). The first-order valence-electron chi connectivity index (χ1n) is 8.91. The second-order valence-corrected chi connectivity index (χ2v) is 6.91. The first-order chi connectivity index (χ1) is 13.1. The third kappa shape index (κ3) is 4.83. The van der Waals surface area contributed by atoms with Crippen LogP contribution in [0.4, 0.5) is 23.0 Å². The molecule has 7 heteroatoms. The summed E-state index contributed by atoms with van der Waals surface area (Å²) in [4.78, 5) is 24.0. The molecule has 2 aromatic heterocycles. The lowest BCUT2D eigenvalue weighted by molar-refractivity contribution is 0.103. The van der Waals surface area contributed by atoms with Gasteiger partial charge in [-0.1, -0.05) is 6.07 Å². The molecule has 3 rings (SSSR count). The van der Waals surface area contributed by atoms with Crippen molar-refractivity contribution in [3.63, 3.8) is 0 Å². The number of hydrogen-bond donors (Lipinski definition) is 2. The summed E-state index contributed by atoms with van der Waals surface area (Å²) in [6.45, 7) is 7.89. The molecule has 0 aliphatic carbocycles. The minimum absolute atomic E-state index is 0.0963. The van der Waals surface area contributed by atoms with Gasteiger partial charge in [0.1, 0.15) is 17.5 Å². The number of anilines is 4. The number of carbonyl (C=O) groups is 1. The molecule has 0 fully saturated rings. The van der Waals surface area contributed by atoms with Crippen LogP contribution in [-0.4, -0.2) is 29.0 Å². The van der Waals surface area contributed by atoms with Gasteiger partial charge >= 0.3 is 0 Å². The molecule has 2 N–H and O–H groups in total. The van der Waals surface area contributed by atoms with Crippen molar-refractivity contribution in [2.24, 2.45) is 0 Å². The second kappa shape index (κ2) is 8.64. The molecular weight excluding hydrogens is 358 g/mol. The average Bonchev–Trinajstić information content (AvgIpc) is 3.19. The molecule has 3 aromatic rings. The van der Waals surface area contributed by atoms with Crippen LogP contribution >= 0.6 is 11.3 Å². The summed E-state index contributed by atoms with van der Waals surface area (Å²) in [5.41, 5.74) is 1.65. The van der Waals surface area contributed by atoms with Gasteiger partial charge in [0.15, 0.2) is 0 Å². The van der Waals surface area contributed by atoms with Gasteiger partial charge in [-0.15, -0.1) is 11.3 Å². The second-order valence-electron chi connectivity index (χ2n) is 5.96. The molecule has 1 aromatic carbocycles. The quantitative estimate of drug-likeness (QED) is 0.621. The Morgan fingerprint density at radius 2 is 1.78 bits per heavy atom. The van der Waals surface area contributed by atoms with Gasteiger partial charge in [-0.2, -0.15) is 0 Å². The average molecular weight is 382 g/mol. The van der Waals surface area contributed by atoms with Crippen LogP contribution in [-0.2, 0) is 0 Å². The molecule has 0 aliphatic rings. The fourth-order valence-electron chi connectivity index (χ4n) is 2.71. The van der Waals surface area contributed by atoms with Crippen LogP contribution in [0.1, 0.15) is 29.3 Å². The summed E-state index contributed by atoms with van der Waals surface area (Å²) in [6, 6.07) is 13.2. The number of rotatable bonds is 7. The summed E-state index contributed by atoms with van der Waals surface area (Å²) < 4.78 is 0. The number of benzene rings is 1. The summed E-state index contributed by atoms with van der Waals surface area (Å²) in [5, 5.41) is 8.09. The third-order valence-electron chi connectivity index (χ3n) is 4.07. The van der Waals surface area contributed by atoms with Crippen LogP contribution in [0.5, 0.6) is 0 Å². The zero-order valence-corrected chi connectivity index (χ0v) is 16.5. The Labute approximate surface area is 163 Å². The first kappa shape index (κ1) is 18.8. The predicted molar refractivity (Wildman–Crippen MR) is 112 cm³/mol. The van der Waals surface area contributed by atoms with E-state index in [1.54, 1.807) is 6.07 Å². The smallest absolute Gasteiger partial charge is 0.265 e. The van der Waals surface area contributed by atoms with Gasteiger partial charge in [0, 0.05) is 30.5 Å². The molecule has 27 heavy (non-hydrogen) atoms. The van der Waals surface area contributed by atoms with Gasteiger partial charge < -0.3 is 15.5 Å². The Balaban J connectivity index is 1.70. The van der Waals surface area contributed by atoms with E-state index >= 15 is 0 Å². The van der Waals surface area contributed by atoms with E-state index in [1.807, 2.05) is 48.7 Å². The molecule has 0 saturated heterocycles. The fraction of sp³-hybridized carbons (Fsp3) is 0.250.